The van der Waals surface area contributed by atoms with Crippen molar-refractivity contribution < 1.29 is 8.42 Å². The molecular formula is C12H21N3O2S. The second-order valence-electron chi connectivity index (χ2n) is 4.93. The Bertz CT molecular complexity index is 487. The Morgan fingerprint density at radius 1 is 1.39 bits per heavy atom. The van der Waals surface area contributed by atoms with Crippen molar-refractivity contribution in [2.24, 2.45) is 7.05 Å². The Labute approximate surface area is 109 Å². The van der Waals surface area contributed by atoms with E-state index in [1.807, 2.05) is 19.3 Å². The highest BCUT2D eigenvalue weighted by Gasteiger charge is 2.24. The first kappa shape index (κ1) is 13.6. The number of nitrogens with zero attached hydrogens (tertiary/aromatic N) is 2. The van der Waals surface area contributed by atoms with Crippen molar-refractivity contribution >= 4 is 10.0 Å². The molecule has 0 saturated carbocycles. The summed E-state index contributed by atoms with van der Waals surface area (Å²) in [6.07, 6.45) is 5.09. The van der Waals surface area contributed by atoms with Crippen LogP contribution >= 0.6 is 0 Å². The van der Waals surface area contributed by atoms with Crippen LogP contribution in [-0.4, -0.2) is 42.7 Å². The van der Waals surface area contributed by atoms with Crippen molar-refractivity contribution in [3.63, 3.8) is 0 Å². The Morgan fingerprint density at radius 3 is 2.56 bits per heavy atom. The van der Waals surface area contributed by atoms with Gasteiger partial charge in [-0.25, -0.2) is 12.7 Å². The van der Waals surface area contributed by atoms with Crippen LogP contribution in [0.5, 0.6) is 0 Å². The molecule has 6 heteroatoms. The van der Waals surface area contributed by atoms with Gasteiger partial charge in [-0.1, -0.05) is 0 Å². The highest BCUT2D eigenvalue weighted by molar-refractivity contribution is 7.88. The van der Waals surface area contributed by atoms with E-state index in [2.05, 4.69) is 16.0 Å². The van der Waals surface area contributed by atoms with Gasteiger partial charge in [0.15, 0.2) is 0 Å². The minimum absolute atomic E-state index is 0.415. The summed E-state index contributed by atoms with van der Waals surface area (Å²) >= 11 is 0. The summed E-state index contributed by atoms with van der Waals surface area (Å²) in [5.74, 6) is 0. The van der Waals surface area contributed by atoms with Crippen LogP contribution in [0.1, 0.15) is 18.5 Å². The Morgan fingerprint density at radius 2 is 2.06 bits per heavy atom. The van der Waals surface area contributed by atoms with E-state index in [-0.39, 0.29) is 0 Å². The van der Waals surface area contributed by atoms with Crippen LogP contribution in [0.4, 0.5) is 0 Å². The number of hydrogen-bond donors (Lipinski definition) is 1. The zero-order valence-electron chi connectivity index (χ0n) is 11.0. The predicted octanol–water partition coefficient (Wildman–Crippen LogP) is 0.539. The van der Waals surface area contributed by atoms with Gasteiger partial charge in [0.25, 0.3) is 0 Å². The summed E-state index contributed by atoms with van der Waals surface area (Å²) in [4.78, 5) is 0. The maximum Gasteiger partial charge on any atom is 0.211 e. The number of nitrogens with one attached hydrogen (secondary N) is 1. The lowest BCUT2D eigenvalue weighted by atomic mass is 10.1. The zero-order valence-corrected chi connectivity index (χ0v) is 11.8. The minimum atomic E-state index is -3.01. The maximum absolute atomic E-state index is 11.4. The van der Waals surface area contributed by atoms with Crippen molar-refractivity contribution in [3.8, 4) is 0 Å². The molecule has 0 bridgehead atoms. The molecule has 0 aliphatic carbocycles. The van der Waals surface area contributed by atoms with Gasteiger partial charge >= 0.3 is 0 Å². The van der Waals surface area contributed by atoms with E-state index in [9.17, 15) is 8.42 Å². The number of piperidine rings is 1. The number of rotatable bonds is 4. The monoisotopic (exact) mass is 271 g/mol. The Kier molecular flexibility index (Phi) is 4.09. The minimum Gasteiger partial charge on any atom is -0.353 e. The molecule has 5 nitrogen and oxygen atoms in total. The van der Waals surface area contributed by atoms with Crippen LogP contribution in [0.2, 0.25) is 0 Å². The van der Waals surface area contributed by atoms with Gasteiger partial charge in [-0.15, -0.1) is 0 Å². The van der Waals surface area contributed by atoms with Gasteiger partial charge in [0.05, 0.1) is 6.26 Å². The molecule has 1 saturated heterocycles. The SMILES string of the molecule is Cn1cccc1CNC1CCN(S(C)(=O)=O)CC1. The molecule has 1 N–H and O–H groups in total. The van der Waals surface area contributed by atoms with Crippen molar-refractivity contribution in [1.82, 2.24) is 14.2 Å². The topological polar surface area (TPSA) is 54.3 Å². The molecular weight excluding hydrogens is 250 g/mol. The first-order chi connectivity index (χ1) is 8.47. The fourth-order valence-electron chi connectivity index (χ4n) is 2.32. The highest BCUT2D eigenvalue weighted by Crippen LogP contribution is 2.13. The van der Waals surface area contributed by atoms with Gasteiger partial charge < -0.3 is 9.88 Å². The molecule has 0 aromatic carbocycles. The smallest absolute Gasteiger partial charge is 0.211 e. The van der Waals surface area contributed by atoms with Gasteiger partial charge in [0.2, 0.25) is 10.0 Å². The average Bonchev–Trinajstić information content (AvgIpc) is 2.72. The molecule has 0 unspecified atom stereocenters. The molecule has 1 fully saturated rings. The molecule has 0 atom stereocenters. The van der Waals surface area contributed by atoms with Crippen LogP contribution in [0, 0.1) is 0 Å². The first-order valence-electron chi connectivity index (χ1n) is 6.25. The Balaban J connectivity index is 1.79. The second-order valence-corrected chi connectivity index (χ2v) is 6.91. The molecule has 0 amide bonds. The summed E-state index contributed by atoms with van der Waals surface area (Å²) in [5, 5.41) is 3.49. The fourth-order valence-corrected chi connectivity index (χ4v) is 3.19. The van der Waals surface area contributed by atoms with E-state index in [4.69, 9.17) is 0 Å². The lowest BCUT2D eigenvalue weighted by Crippen LogP contribution is -2.44. The molecule has 0 spiro atoms. The number of aryl methyl sites for hydroxylation is 1. The molecule has 2 rings (SSSR count). The van der Waals surface area contributed by atoms with E-state index < -0.39 is 10.0 Å². The molecule has 102 valence electrons. The van der Waals surface area contributed by atoms with Gasteiger partial charge in [0, 0.05) is 44.6 Å². The summed E-state index contributed by atoms with van der Waals surface area (Å²) in [6, 6.07) is 4.54. The average molecular weight is 271 g/mol. The second kappa shape index (κ2) is 5.42. The lowest BCUT2D eigenvalue weighted by Gasteiger charge is -2.30. The third kappa shape index (κ3) is 3.34. The van der Waals surface area contributed by atoms with Crippen molar-refractivity contribution in [3.05, 3.63) is 24.0 Å². The summed E-state index contributed by atoms with van der Waals surface area (Å²) < 4.78 is 26.4. The normalized spacial score (nSPS) is 19.2. The Hall–Kier alpha value is -0.850. The molecule has 0 radical (unpaired) electrons. The van der Waals surface area contributed by atoms with Crippen LogP contribution in [0.25, 0.3) is 0 Å². The van der Waals surface area contributed by atoms with E-state index in [1.54, 1.807) is 4.31 Å². The standard InChI is InChI=1S/C12H21N3O2S/c1-14-7-3-4-12(14)10-13-11-5-8-15(9-6-11)18(2,16)17/h3-4,7,11,13H,5-6,8-10H2,1-2H3. The van der Waals surface area contributed by atoms with Crippen LogP contribution in [0.3, 0.4) is 0 Å². The van der Waals surface area contributed by atoms with Crippen molar-refractivity contribution in [1.29, 1.82) is 0 Å². The number of aromatic nitrogens is 1. The largest absolute Gasteiger partial charge is 0.353 e. The maximum atomic E-state index is 11.4. The quantitative estimate of drug-likeness (QED) is 0.869. The van der Waals surface area contributed by atoms with Gasteiger partial charge in [-0.05, 0) is 25.0 Å². The van der Waals surface area contributed by atoms with Gasteiger partial charge in [-0.2, -0.15) is 0 Å². The first-order valence-corrected chi connectivity index (χ1v) is 8.10. The molecule has 1 aromatic heterocycles. The summed E-state index contributed by atoms with van der Waals surface area (Å²) in [7, 11) is -0.982. The molecule has 1 aliphatic heterocycles. The molecule has 2 heterocycles. The number of hydrogen-bond acceptors (Lipinski definition) is 3. The van der Waals surface area contributed by atoms with Crippen LogP contribution < -0.4 is 5.32 Å². The highest BCUT2D eigenvalue weighted by atomic mass is 32.2. The third-order valence-electron chi connectivity index (χ3n) is 3.55. The predicted molar refractivity (Wildman–Crippen MR) is 71.7 cm³/mol. The van der Waals surface area contributed by atoms with Gasteiger partial charge in [-0.3, -0.25) is 0 Å². The van der Waals surface area contributed by atoms with E-state index in [0.717, 1.165) is 19.4 Å². The fraction of sp³-hybridized carbons (Fsp3) is 0.667. The van der Waals surface area contributed by atoms with Crippen LogP contribution in [-0.2, 0) is 23.6 Å². The molecule has 1 aliphatic rings. The lowest BCUT2D eigenvalue weighted by molar-refractivity contribution is 0.289. The summed E-state index contributed by atoms with van der Waals surface area (Å²) in [6.45, 7) is 2.10. The van der Waals surface area contributed by atoms with E-state index in [1.165, 1.54) is 11.9 Å². The van der Waals surface area contributed by atoms with E-state index >= 15 is 0 Å². The van der Waals surface area contributed by atoms with Gasteiger partial charge in [0.1, 0.15) is 0 Å². The van der Waals surface area contributed by atoms with Crippen LogP contribution in [0.15, 0.2) is 18.3 Å². The van der Waals surface area contributed by atoms with E-state index in [0.29, 0.717) is 19.1 Å². The summed E-state index contributed by atoms with van der Waals surface area (Å²) in [5.41, 5.74) is 1.25. The molecule has 18 heavy (non-hydrogen) atoms. The molecule has 1 aromatic rings. The van der Waals surface area contributed by atoms with Crippen molar-refractivity contribution in [2.45, 2.75) is 25.4 Å². The van der Waals surface area contributed by atoms with Crippen molar-refractivity contribution in [2.75, 3.05) is 19.3 Å². The number of sulfonamides is 1. The third-order valence-corrected chi connectivity index (χ3v) is 4.85. The zero-order chi connectivity index (χ0) is 13.2.